The molecule has 2 amide bonds. The van der Waals surface area contributed by atoms with Gasteiger partial charge in [-0.15, -0.1) is 0 Å². The second-order valence-electron chi connectivity index (χ2n) is 5.74. The van der Waals surface area contributed by atoms with Crippen molar-refractivity contribution in [3.63, 3.8) is 0 Å². The molecule has 4 nitrogen and oxygen atoms in total. The van der Waals surface area contributed by atoms with Crippen molar-refractivity contribution in [2.45, 2.75) is 13.3 Å². The summed E-state index contributed by atoms with van der Waals surface area (Å²) in [6.07, 6.45) is 0.133. The average molecular weight is 312 g/mol. The first-order valence-corrected chi connectivity index (χ1v) is 7.46. The number of aryl methyl sites for hydroxylation is 1. The van der Waals surface area contributed by atoms with Gasteiger partial charge >= 0.3 is 0 Å². The van der Waals surface area contributed by atoms with Gasteiger partial charge in [0, 0.05) is 24.3 Å². The molecule has 2 aromatic rings. The van der Waals surface area contributed by atoms with Crippen molar-refractivity contribution in [2.75, 3.05) is 16.8 Å². The molecule has 0 unspecified atom stereocenters. The Bertz CT molecular complexity index is 743. The summed E-state index contributed by atoms with van der Waals surface area (Å²) < 4.78 is 13.3. The lowest BCUT2D eigenvalue weighted by Crippen LogP contribution is -2.28. The highest BCUT2D eigenvalue weighted by atomic mass is 19.1. The van der Waals surface area contributed by atoms with Gasteiger partial charge in [0.05, 0.1) is 5.92 Å². The fourth-order valence-corrected chi connectivity index (χ4v) is 2.66. The quantitative estimate of drug-likeness (QED) is 0.946. The molecule has 2 aromatic carbocycles. The molecule has 0 aromatic heterocycles. The van der Waals surface area contributed by atoms with Crippen LogP contribution in [0.4, 0.5) is 15.8 Å². The Kier molecular flexibility index (Phi) is 4.10. The molecular formula is C18H17FN2O2. The minimum Gasteiger partial charge on any atom is -0.326 e. The molecule has 0 aliphatic carbocycles. The minimum absolute atomic E-state index is 0.133. The van der Waals surface area contributed by atoms with E-state index < -0.39 is 11.7 Å². The average Bonchev–Trinajstić information content (AvgIpc) is 2.92. The molecule has 0 spiro atoms. The number of carbonyl (C=O) groups is 2. The Balaban J connectivity index is 1.69. The minimum atomic E-state index is -0.438. The number of amides is 2. The molecule has 23 heavy (non-hydrogen) atoms. The highest BCUT2D eigenvalue weighted by Crippen LogP contribution is 2.26. The second kappa shape index (κ2) is 6.20. The third-order valence-corrected chi connectivity index (χ3v) is 3.93. The van der Waals surface area contributed by atoms with Crippen LogP contribution >= 0.6 is 0 Å². The van der Waals surface area contributed by atoms with Crippen LogP contribution in [0.5, 0.6) is 0 Å². The van der Waals surface area contributed by atoms with Crippen LogP contribution in [0.1, 0.15) is 12.0 Å². The molecule has 0 saturated carbocycles. The zero-order chi connectivity index (χ0) is 16.4. The van der Waals surface area contributed by atoms with Crippen molar-refractivity contribution in [1.29, 1.82) is 0 Å². The Morgan fingerprint density at radius 1 is 1.22 bits per heavy atom. The standard InChI is InChI=1S/C18H17FN2O2/c1-12-5-7-15(8-6-12)20-18(23)13-9-17(22)21(11-13)16-4-2-3-14(19)10-16/h2-8,10,13H,9,11H2,1H3,(H,20,23)/t13-/m1/s1. The maximum atomic E-state index is 13.3. The van der Waals surface area contributed by atoms with Crippen LogP contribution in [-0.4, -0.2) is 18.4 Å². The van der Waals surface area contributed by atoms with Crippen molar-refractivity contribution in [1.82, 2.24) is 0 Å². The molecule has 3 rings (SSSR count). The molecule has 0 bridgehead atoms. The maximum absolute atomic E-state index is 13.3. The van der Waals surface area contributed by atoms with Crippen LogP contribution in [0.3, 0.4) is 0 Å². The molecule has 1 aliphatic rings. The van der Waals surface area contributed by atoms with Gasteiger partial charge in [-0.1, -0.05) is 23.8 Å². The van der Waals surface area contributed by atoms with E-state index in [0.29, 0.717) is 11.4 Å². The van der Waals surface area contributed by atoms with Crippen molar-refractivity contribution < 1.29 is 14.0 Å². The van der Waals surface area contributed by atoms with E-state index in [9.17, 15) is 14.0 Å². The summed E-state index contributed by atoms with van der Waals surface area (Å²) in [5, 5.41) is 2.82. The normalized spacial score (nSPS) is 17.4. The van der Waals surface area contributed by atoms with E-state index in [1.807, 2.05) is 31.2 Å². The molecule has 1 fully saturated rings. The van der Waals surface area contributed by atoms with Crippen molar-refractivity contribution in [2.24, 2.45) is 5.92 Å². The maximum Gasteiger partial charge on any atom is 0.229 e. The lowest BCUT2D eigenvalue weighted by atomic mass is 10.1. The summed E-state index contributed by atoms with van der Waals surface area (Å²) in [4.78, 5) is 25.9. The molecule has 5 heteroatoms. The Morgan fingerprint density at radius 2 is 1.96 bits per heavy atom. The van der Waals surface area contributed by atoms with Crippen molar-refractivity contribution in [3.8, 4) is 0 Å². The Morgan fingerprint density at radius 3 is 2.65 bits per heavy atom. The number of carbonyl (C=O) groups excluding carboxylic acids is 2. The molecule has 0 radical (unpaired) electrons. The van der Waals surface area contributed by atoms with E-state index in [1.54, 1.807) is 12.1 Å². The summed E-state index contributed by atoms with van der Waals surface area (Å²) in [5.41, 5.74) is 2.30. The molecule has 1 heterocycles. The van der Waals surface area contributed by atoms with Gasteiger partial charge in [0.2, 0.25) is 11.8 Å². The zero-order valence-corrected chi connectivity index (χ0v) is 12.8. The first-order chi connectivity index (χ1) is 11.0. The summed E-state index contributed by atoms with van der Waals surface area (Å²) in [6, 6.07) is 13.3. The van der Waals surface area contributed by atoms with E-state index in [2.05, 4.69) is 5.32 Å². The van der Waals surface area contributed by atoms with Gasteiger partial charge in [-0.2, -0.15) is 0 Å². The predicted molar refractivity (Wildman–Crippen MR) is 86.7 cm³/mol. The van der Waals surface area contributed by atoms with E-state index >= 15 is 0 Å². The van der Waals surface area contributed by atoms with Crippen LogP contribution in [0, 0.1) is 18.7 Å². The van der Waals surface area contributed by atoms with Crippen molar-refractivity contribution in [3.05, 3.63) is 59.9 Å². The number of halogens is 1. The van der Waals surface area contributed by atoms with E-state index in [4.69, 9.17) is 0 Å². The number of anilines is 2. The zero-order valence-electron chi connectivity index (χ0n) is 12.8. The van der Waals surface area contributed by atoms with Crippen LogP contribution in [0.25, 0.3) is 0 Å². The summed E-state index contributed by atoms with van der Waals surface area (Å²) in [7, 11) is 0. The number of nitrogens with one attached hydrogen (secondary N) is 1. The van der Waals surface area contributed by atoms with Crippen molar-refractivity contribution >= 4 is 23.2 Å². The number of hydrogen-bond acceptors (Lipinski definition) is 2. The Hall–Kier alpha value is -2.69. The summed E-state index contributed by atoms with van der Waals surface area (Å²) in [6.45, 7) is 2.23. The van der Waals surface area contributed by atoms with E-state index in [-0.39, 0.29) is 24.8 Å². The topological polar surface area (TPSA) is 49.4 Å². The molecule has 118 valence electrons. The van der Waals surface area contributed by atoms with Gasteiger partial charge in [-0.25, -0.2) is 4.39 Å². The third kappa shape index (κ3) is 3.39. The number of rotatable bonds is 3. The molecular weight excluding hydrogens is 295 g/mol. The molecule has 1 aliphatic heterocycles. The number of hydrogen-bond donors (Lipinski definition) is 1. The largest absolute Gasteiger partial charge is 0.326 e. The monoisotopic (exact) mass is 312 g/mol. The third-order valence-electron chi connectivity index (χ3n) is 3.93. The van der Waals surface area contributed by atoms with Gasteiger partial charge in [-0.3, -0.25) is 9.59 Å². The fourth-order valence-electron chi connectivity index (χ4n) is 2.66. The smallest absolute Gasteiger partial charge is 0.229 e. The van der Waals surface area contributed by atoms with Crippen LogP contribution in [0.2, 0.25) is 0 Å². The van der Waals surface area contributed by atoms with Gasteiger partial charge in [0.25, 0.3) is 0 Å². The molecule has 1 N–H and O–H groups in total. The van der Waals surface area contributed by atoms with Crippen LogP contribution in [-0.2, 0) is 9.59 Å². The van der Waals surface area contributed by atoms with E-state index in [0.717, 1.165) is 5.56 Å². The fraction of sp³-hybridized carbons (Fsp3) is 0.222. The van der Waals surface area contributed by atoms with Crippen LogP contribution < -0.4 is 10.2 Å². The summed E-state index contributed by atoms with van der Waals surface area (Å²) >= 11 is 0. The van der Waals surface area contributed by atoms with Gasteiger partial charge < -0.3 is 10.2 Å². The van der Waals surface area contributed by atoms with E-state index in [1.165, 1.54) is 17.0 Å². The Labute approximate surface area is 133 Å². The lowest BCUT2D eigenvalue weighted by molar-refractivity contribution is -0.122. The van der Waals surface area contributed by atoms with Gasteiger partial charge in [0.1, 0.15) is 5.82 Å². The van der Waals surface area contributed by atoms with Gasteiger partial charge in [0.15, 0.2) is 0 Å². The first-order valence-electron chi connectivity index (χ1n) is 7.46. The lowest BCUT2D eigenvalue weighted by Gasteiger charge is -2.16. The first kappa shape index (κ1) is 15.2. The van der Waals surface area contributed by atoms with Gasteiger partial charge in [-0.05, 0) is 37.3 Å². The highest BCUT2D eigenvalue weighted by molar-refractivity contribution is 6.03. The summed E-state index contributed by atoms with van der Waals surface area (Å²) in [5.74, 6) is -1.20. The molecule has 1 saturated heterocycles. The number of nitrogens with zero attached hydrogens (tertiary/aromatic N) is 1. The molecule has 1 atom stereocenters. The van der Waals surface area contributed by atoms with Crippen LogP contribution in [0.15, 0.2) is 48.5 Å². The SMILES string of the molecule is Cc1ccc(NC(=O)[C@@H]2CC(=O)N(c3cccc(F)c3)C2)cc1. The number of benzene rings is 2. The highest BCUT2D eigenvalue weighted by Gasteiger charge is 2.35. The second-order valence-corrected chi connectivity index (χ2v) is 5.74. The predicted octanol–water partition coefficient (Wildman–Crippen LogP) is 3.13.